The number of rotatable bonds is 43. The highest BCUT2D eigenvalue weighted by Gasteiger charge is 2.28. The second-order valence-electron chi connectivity index (χ2n) is 17.5. The van der Waals surface area contributed by atoms with Crippen LogP contribution < -0.4 is 5.32 Å². The summed E-state index contributed by atoms with van der Waals surface area (Å²) in [5.74, 6) is -0.157. The van der Waals surface area contributed by atoms with Gasteiger partial charge in [0, 0.05) is 6.42 Å². The summed E-state index contributed by atoms with van der Waals surface area (Å²) in [6, 6.07) is -0.765. The van der Waals surface area contributed by atoms with E-state index in [4.69, 9.17) is 9.05 Å². The maximum absolute atomic E-state index is 12.9. The van der Waals surface area contributed by atoms with Gasteiger partial charge in [0.2, 0.25) is 5.91 Å². The first-order valence-electron chi connectivity index (χ1n) is 23.7. The molecule has 3 unspecified atom stereocenters. The van der Waals surface area contributed by atoms with Crippen molar-refractivity contribution in [3.63, 3.8) is 0 Å². The predicted octanol–water partition coefficient (Wildman–Crippen LogP) is 13.3. The van der Waals surface area contributed by atoms with Crippen LogP contribution in [0.5, 0.6) is 0 Å². The first-order chi connectivity index (χ1) is 27.0. The molecule has 56 heavy (non-hydrogen) atoms. The van der Waals surface area contributed by atoms with Crippen molar-refractivity contribution in [2.45, 2.75) is 231 Å². The molecule has 0 aliphatic carbocycles. The fourth-order valence-electron chi connectivity index (χ4n) is 6.90. The number of phosphoric acid groups is 1. The van der Waals surface area contributed by atoms with Gasteiger partial charge >= 0.3 is 7.82 Å². The van der Waals surface area contributed by atoms with Crippen LogP contribution in [0.4, 0.5) is 0 Å². The van der Waals surface area contributed by atoms with E-state index < -0.39 is 20.0 Å². The minimum Gasteiger partial charge on any atom is -0.391 e. The fourth-order valence-corrected chi connectivity index (χ4v) is 7.64. The van der Waals surface area contributed by atoms with Gasteiger partial charge < -0.3 is 19.8 Å². The largest absolute Gasteiger partial charge is 0.472 e. The van der Waals surface area contributed by atoms with Crippen LogP contribution in [-0.2, 0) is 18.4 Å². The molecule has 8 nitrogen and oxygen atoms in total. The molecular formula is C47H94N2O6P+. The Bertz CT molecular complexity index is 969. The number of aliphatic hydroxyl groups is 1. The lowest BCUT2D eigenvalue weighted by Gasteiger charge is -2.26. The van der Waals surface area contributed by atoms with E-state index in [0.29, 0.717) is 23.9 Å². The number of nitrogens with zero attached hydrogens (tertiary/aromatic N) is 1. The van der Waals surface area contributed by atoms with Gasteiger partial charge in [0.1, 0.15) is 13.2 Å². The molecule has 0 aromatic rings. The standard InChI is InChI=1S/C47H93N2O6P/c1-6-8-10-12-14-16-18-20-22-23-24-25-27-28-30-32-34-36-38-40-46(50)45(44-55-56(52,53)54-43-42-49(3,4)5)48-47(51)41-39-37-35-33-31-29-26-21-19-17-15-13-11-9-7-2/h15,17,21,26,45-46,50H,6-14,16,18-20,22-25,27-44H2,1-5H3,(H-,48,51,52,53)/p+1/b17-15-,26-21-. The molecule has 0 spiro atoms. The van der Waals surface area contributed by atoms with E-state index in [0.717, 1.165) is 64.2 Å². The molecule has 0 fully saturated rings. The minimum absolute atomic E-state index is 0.0725. The molecule has 0 radical (unpaired) electrons. The van der Waals surface area contributed by atoms with Crippen molar-refractivity contribution in [3.8, 4) is 0 Å². The number of likely N-dealkylation sites (N-methyl/N-ethyl adjacent to an activating group) is 1. The van der Waals surface area contributed by atoms with Crippen LogP contribution in [0.3, 0.4) is 0 Å². The van der Waals surface area contributed by atoms with Gasteiger partial charge in [-0.15, -0.1) is 0 Å². The molecule has 0 aliphatic rings. The number of hydrogen-bond donors (Lipinski definition) is 3. The van der Waals surface area contributed by atoms with E-state index in [2.05, 4.69) is 43.5 Å². The van der Waals surface area contributed by atoms with Crippen LogP contribution in [0.2, 0.25) is 0 Å². The molecule has 0 aromatic heterocycles. The summed E-state index contributed by atoms with van der Waals surface area (Å²) < 4.78 is 23.7. The Hall–Kier alpha value is -1.02. The van der Waals surface area contributed by atoms with E-state index in [-0.39, 0.29) is 19.1 Å². The van der Waals surface area contributed by atoms with Crippen LogP contribution in [0, 0.1) is 0 Å². The molecule has 1 amide bonds. The Morgan fingerprint density at radius 2 is 1.02 bits per heavy atom. The number of carbonyl (C=O) groups excluding carboxylic acids is 1. The lowest BCUT2D eigenvalue weighted by atomic mass is 10.0. The topological polar surface area (TPSA) is 105 Å². The quantitative estimate of drug-likeness (QED) is 0.0245. The maximum Gasteiger partial charge on any atom is 0.472 e. The highest BCUT2D eigenvalue weighted by molar-refractivity contribution is 7.47. The fraction of sp³-hybridized carbons (Fsp3) is 0.894. The third-order valence-corrected chi connectivity index (χ3v) is 11.7. The summed E-state index contributed by atoms with van der Waals surface area (Å²) in [5.41, 5.74) is 0. The van der Waals surface area contributed by atoms with Crippen molar-refractivity contribution >= 4 is 13.7 Å². The van der Waals surface area contributed by atoms with Gasteiger partial charge in [0.25, 0.3) is 0 Å². The predicted molar refractivity (Wildman–Crippen MR) is 240 cm³/mol. The molecule has 3 N–H and O–H groups in total. The summed E-state index contributed by atoms with van der Waals surface area (Å²) >= 11 is 0. The normalized spacial score (nSPS) is 14.5. The summed E-state index contributed by atoms with van der Waals surface area (Å²) in [6.45, 7) is 4.86. The van der Waals surface area contributed by atoms with Gasteiger partial charge in [0.15, 0.2) is 0 Å². The number of quaternary nitrogens is 1. The van der Waals surface area contributed by atoms with E-state index in [1.54, 1.807) is 0 Å². The van der Waals surface area contributed by atoms with Crippen LogP contribution in [0.1, 0.15) is 219 Å². The first-order valence-corrected chi connectivity index (χ1v) is 25.2. The molecule has 0 saturated heterocycles. The highest BCUT2D eigenvalue weighted by atomic mass is 31.2. The highest BCUT2D eigenvalue weighted by Crippen LogP contribution is 2.43. The summed E-state index contributed by atoms with van der Waals surface area (Å²) in [7, 11) is 1.61. The monoisotopic (exact) mass is 814 g/mol. The van der Waals surface area contributed by atoms with Gasteiger partial charge in [-0.05, 0) is 44.9 Å². The molecular weight excluding hydrogens is 719 g/mol. The average Bonchev–Trinajstić information content (AvgIpc) is 3.15. The van der Waals surface area contributed by atoms with E-state index in [9.17, 15) is 19.4 Å². The molecule has 3 atom stereocenters. The van der Waals surface area contributed by atoms with Crippen LogP contribution in [-0.4, -0.2) is 73.4 Å². The Morgan fingerprint density at radius 3 is 1.50 bits per heavy atom. The Kier molecular flexibility index (Phi) is 38.7. The van der Waals surface area contributed by atoms with Gasteiger partial charge in [-0.25, -0.2) is 4.57 Å². The van der Waals surface area contributed by atoms with Crippen molar-refractivity contribution < 1.29 is 32.9 Å². The van der Waals surface area contributed by atoms with Crippen molar-refractivity contribution in [1.82, 2.24) is 5.32 Å². The number of hydrogen-bond acceptors (Lipinski definition) is 5. The maximum atomic E-state index is 12.9. The van der Waals surface area contributed by atoms with Gasteiger partial charge in [-0.2, -0.15) is 0 Å². The van der Waals surface area contributed by atoms with Crippen molar-refractivity contribution in [2.75, 3.05) is 40.9 Å². The lowest BCUT2D eigenvalue weighted by molar-refractivity contribution is -0.870. The zero-order valence-corrected chi connectivity index (χ0v) is 38.5. The van der Waals surface area contributed by atoms with Crippen molar-refractivity contribution in [3.05, 3.63) is 24.3 Å². The third kappa shape index (κ3) is 41.2. The smallest absolute Gasteiger partial charge is 0.391 e. The molecule has 0 saturated carbocycles. The molecule has 0 bridgehead atoms. The van der Waals surface area contributed by atoms with Crippen molar-refractivity contribution in [1.29, 1.82) is 0 Å². The Balaban J connectivity index is 4.32. The third-order valence-electron chi connectivity index (χ3n) is 10.7. The number of amides is 1. The van der Waals surface area contributed by atoms with Gasteiger partial charge in [-0.3, -0.25) is 13.8 Å². The molecule has 0 aliphatic heterocycles. The molecule has 332 valence electrons. The average molecular weight is 814 g/mol. The number of nitrogens with one attached hydrogen (secondary N) is 1. The number of aliphatic hydroxyl groups excluding tert-OH is 1. The van der Waals surface area contributed by atoms with E-state index in [1.807, 2.05) is 21.1 Å². The minimum atomic E-state index is -4.32. The summed E-state index contributed by atoms with van der Waals surface area (Å²) in [6.07, 6.45) is 46.3. The summed E-state index contributed by atoms with van der Waals surface area (Å²) in [5, 5.41) is 14.0. The zero-order valence-electron chi connectivity index (χ0n) is 37.6. The van der Waals surface area contributed by atoms with Gasteiger partial charge in [-0.1, -0.05) is 192 Å². The molecule has 0 rings (SSSR count). The van der Waals surface area contributed by atoms with E-state index in [1.165, 1.54) is 128 Å². The second kappa shape index (κ2) is 39.4. The number of allylic oxidation sites excluding steroid dienone is 4. The van der Waals surface area contributed by atoms with Crippen LogP contribution in [0.15, 0.2) is 24.3 Å². The zero-order chi connectivity index (χ0) is 41.4. The SMILES string of the molecule is CCCCC/C=C\C/C=C\CCCCCCCC(=O)NC(COP(=O)(O)OCC[N+](C)(C)C)C(O)CCCCCCCCCCCCCCCCCCCCC. The number of phosphoric ester groups is 1. The Labute approximate surface area is 347 Å². The molecule has 0 heterocycles. The van der Waals surface area contributed by atoms with Crippen LogP contribution >= 0.6 is 7.82 Å². The number of unbranched alkanes of at least 4 members (excludes halogenated alkanes) is 26. The van der Waals surface area contributed by atoms with Gasteiger partial charge in [0.05, 0.1) is 39.9 Å². The number of carbonyl (C=O) groups is 1. The van der Waals surface area contributed by atoms with Crippen molar-refractivity contribution in [2.24, 2.45) is 0 Å². The molecule has 0 aromatic carbocycles. The molecule has 9 heteroatoms. The summed E-state index contributed by atoms with van der Waals surface area (Å²) in [4.78, 5) is 23.2. The van der Waals surface area contributed by atoms with Crippen LogP contribution in [0.25, 0.3) is 0 Å². The second-order valence-corrected chi connectivity index (χ2v) is 18.9. The first kappa shape index (κ1) is 55.0. The van der Waals surface area contributed by atoms with E-state index >= 15 is 0 Å². The Morgan fingerprint density at radius 1 is 0.607 bits per heavy atom. The lowest BCUT2D eigenvalue weighted by Crippen LogP contribution is -2.46.